The third-order valence-electron chi connectivity index (χ3n) is 2.90. The largest absolute Gasteiger partial charge is 0.494 e. The van der Waals surface area contributed by atoms with E-state index in [0.717, 1.165) is 0 Å². The first-order valence-corrected chi connectivity index (χ1v) is 6.66. The van der Waals surface area contributed by atoms with Gasteiger partial charge in [0.1, 0.15) is 5.75 Å². The summed E-state index contributed by atoms with van der Waals surface area (Å²) in [6.07, 6.45) is 0.0715. The molecule has 0 aliphatic heterocycles. The van der Waals surface area contributed by atoms with Crippen molar-refractivity contribution >= 4 is 5.78 Å². The van der Waals surface area contributed by atoms with E-state index in [1.807, 2.05) is 13.8 Å². The van der Waals surface area contributed by atoms with E-state index in [2.05, 4.69) is 0 Å². The molecule has 0 N–H and O–H groups in total. The lowest BCUT2D eigenvalue weighted by molar-refractivity contribution is 0.103. The van der Waals surface area contributed by atoms with E-state index in [4.69, 9.17) is 9.47 Å². The first-order chi connectivity index (χ1) is 10.0. The van der Waals surface area contributed by atoms with E-state index in [1.165, 1.54) is 19.2 Å². The summed E-state index contributed by atoms with van der Waals surface area (Å²) in [6, 6.07) is 11.0. The molecule has 0 aromatic heterocycles. The molecule has 2 aromatic rings. The maximum Gasteiger partial charge on any atom is 0.193 e. The van der Waals surface area contributed by atoms with Crippen molar-refractivity contribution in [3.05, 3.63) is 59.4 Å². The molecule has 0 bridgehead atoms. The van der Waals surface area contributed by atoms with E-state index < -0.39 is 5.82 Å². The average molecular weight is 288 g/mol. The summed E-state index contributed by atoms with van der Waals surface area (Å²) in [7, 11) is 1.38. The fraction of sp³-hybridized carbons (Fsp3) is 0.235. The van der Waals surface area contributed by atoms with Crippen LogP contribution in [0.2, 0.25) is 0 Å². The van der Waals surface area contributed by atoms with Crippen LogP contribution in [0.5, 0.6) is 11.5 Å². The van der Waals surface area contributed by atoms with Gasteiger partial charge in [0.25, 0.3) is 0 Å². The van der Waals surface area contributed by atoms with Gasteiger partial charge in [0, 0.05) is 11.1 Å². The lowest BCUT2D eigenvalue weighted by atomic mass is 10.0. The van der Waals surface area contributed by atoms with Crippen LogP contribution in [0.15, 0.2) is 42.5 Å². The summed E-state index contributed by atoms with van der Waals surface area (Å²) in [5.74, 6) is 0.0189. The maximum absolute atomic E-state index is 13.6. The monoisotopic (exact) mass is 288 g/mol. The second-order valence-corrected chi connectivity index (χ2v) is 4.87. The number of carbonyl (C=O) groups excluding carboxylic acids is 1. The van der Waals surface area contributed by atoms with Crippen LogP contribution in [0.4, 0.5) is 4.39 Å². The number of benzene rings is 2. The molecule has 0 spiro atoms. The quantitative estimate of drug-likeness (QED) is 0.784. The van der Waals surface area contributed by atoms with Crippen molar-refractivity contribution in [2.45, 2.75) is 20.0 Å². The molecular formula is C17H17FO3. The normalized spacial score (nSPS) is 10.5. The fourth-order valence-electron chi connectivity index (χ4n) is 1.93. The minimum absolute atomic E-state index is 0.0715. The van der Waals surface area contributed by atoms with Crippen molar-refractivity contribution in [3.63, 3.8) is 0 Å². The second-order valence-electron chi connectivity index (χ2n) is 4.87. The second kappa shape index (κ2) is 6.39. The molecule has 0 atom stereocenters. The summed E-state index contributed by atoms with van der Waals surface area (Å²) in [5.41, 5.74) is 0.765. The van der Waals surface area contributed by atoms with Gasteiger partial charge in [0.05, 0.1) is 13.2 Å². The molecule has 21 heavy (non-hydrogen) atoms. The molecule has 4 heteroatoms. The number of methoxy groups -OCH3 is 1. The van der Waals surface area contributed by atoms with E-state index in [-0.39, 0.29) is 23.2 Å². The molecule has 0 saturated heterocycles. The lowest BCUT2D eigenvalue weighted by Gasteiger charge is -2.10. The van der Waals surface area contributed by atoms with Gasteiger partial charge in [0.2, 0.25) is 0 Å². The first kappa shape index (κ1) is 15.0. The fourth-order valence-corrected chi connectivity index (χ4v) is 1.93. The van der Waals surface area contributed by atoms with E-state index >= 15 is 0 Å². The number of carbonyl (C=O) groups is 1. The van der Waals surface area contributed by atoms with Crippen LogP contribution in [-0.4, -0.2) is 19.0 Å². The highest BCUT2D eigenvalue weighted by Gasteiger charge is 2.12. The van der Waals surface area contributed by atoms with Crippen molar-refractivity contribution in [1.82, 2.24) is 0 Å². The molecule has 3 nitrogen and oxygen atoms in total. The highest BCUT2D eigenvalue weighted by molar-refractivity contribution is 6.09. The molecule has 110 valence electrons. The Morgan fingerprint density at radius 3 is 2.19 bits per heavy atom. The SMILES string of the molecule is COc1ccc(C(=O)c2ccc(OC(C)C)cc2)cc1F. The van der Waals surface area contributed by atoms with Crippen molar-refractivity contribution in [3.8, 4) is 11.5 Å². The highest BCUT2D eigenvalue weighted by atomic mass is 19.1. The Balaban J connectivity index is 2.21. The third-order valence-corrected chi connectivity index (χ3v) is 2.90. The predicted molar refractivity (Wildman–Crippen MR) is 78.6 cm³/mol. The molecule has 0 fully saturated rings. The van der Waals surface area contributed by atoms with Crippen LogP contribution in [0.25, 0.3) is 0 Å². The predicted octanol–water partition coefficient (Wildman–Crippen LogP) is 3.85. The topological polar surface area (TPSA) is 35.5 Å². The zero-order valence-corrected chi connectivity index (χ0v) is 12.2. The maximum atomic E-state index is 13.6. The number of rotatable bonds is 5. The van der Waals surface area contributed by atoms with Crippen molar-refractivity contribution < 1.29 is 18.7 Å². The molecule has 0 unspecified atom stereocenters. The summed E-state index contributed by atoms with van der Waals surface area (Å²) >= 11 is 0. The van der Waals surface area contributed by atoms with Crippen LogP contribution >= 0.6 is 0 Å². The molecule has 0 radical (unpaired) electrons. The van der Waals surface area contributed by atoms with Gasteiger partial charge >= 0.3 is 0 Å². The summed E-state index contributed by atoms with van der Waals surface area (Å²) < 4.78 is 24.0. The average Bonchev–Trinajstić information content (AvgIpc) is 2.46. The van der Waals surface area contributed by atoms with Crippen molar-refractivity contribution in [2.75, 3.05) is 7.11 Å². The molecule has 0 saturated carbocycles. The Morgan fingerprint density at radius 1 is 1.05 bits per heavy atom. The molecule has 0 aliphatic rings. The standard InChI is InChI=1S/C17H17FO3/c1-11(2)21-14-7-4-12(5-8-14)17(19)13-6-9-16(20-3)15(18)10-13/h4-11H,1-3H3. The molecule has 0 amide bonds. The number of hydrogen-bond donors (Lipinski definition) is 0. The Hall–Kier alpha value is -2.36. The van der Waals surface area contributed by atoms with Gasteiger partial charge < -0.3 is 9.47 Å². The van der Waals surface area contributed by atoms with Crippen LogP contribution in [-0.2, 0) is 0 Å². The Morgan fingerprint density at radius 2 is 1.67 bits per heavy atom. The van der Waals surface area contributed by atoms with Gasteiger partial charge in [0.15, 0.2) is 17.3 Å². The zero-order chi connectivity index (χ0) is 15.4. The van der Waals surface area contributed by atoms with Gasteiger partial charge in [-0.2, -0.15) is 0 Å². The molecule has 2 aromatic carbocycles. The third kappa shape index (κ3) is 3.60. The van der Waals surface area contributed by atoms with Crippen LogP contribution in [0, 0.1) is 5.82 Å². The Kier molecular flexibility index (Phi) is 4.58. The number of ketones is 1. The van der Waals surface area contributed by atoms with Crippen LogP contribution in [0.1, 0.15) is 29.8 Å². The lowest BCUT2D eigenvalue weighted by Crippen LogP contribution is -2.06. The first-order valence-electron chi connectivity index (χ1n) is 6.66. The smallest absolute Gasteiger partial charge is 0.193 e. The molecule has 2 rings (SSSR count). The summed E-state index contributed by atoms with van der Waals surface area (Å²) in [6.45, 7) is 3.86. The number of ether oxygens (including phenoxy) is 2. The van der Waals surface area contributed by atoms with Gasteiger partial charge in [-0.05, 0) is 56.3 Å². The number of halogens is 1. The Bertz CT molecular complexity index is 633. The van der Waals surface area contributed by atoms with Crippen LogP contribution < -0.4 is 9.47 Å². The summed E-state index contributed by atoms with van der Waals surface area (Å²) in [5, 5.41) is 0. The Labute approximate surface area is 123 Å². The van der Waals surface area contributed by atoms with E-state index in [0.29, 0.717) is 11.3 Å². The number of hydrogen-bond acceptors (Lipinski definition) is 3. The van der Waals surface area contributed by atoms with Gasteiger partial charge in [-0.15, -0.1) is 0 Å². The minimum atomic E-state index is -0.553. The van der Waals surface area contributed by atoms with Crippen LogP contribution in [0.3, 0.4) is 0 Å². The van der Waals surface area contributed by atoms with Crippen molar-refractivity contribution in [2.24, 2.45) is 0 Å². The molecular weight excluding hydrogens is 271 g/mol. The minimum Gasteiger partial charge on any atom is -0.494 e. The summed E-state index contributed by atoms with van der Waals surface area (Å²) in [4.78, 5) is 12.3. The van der Waals surface area contributed by atoms with E-state index in [1.54, 1.807) is 30.3 Å². The van der Waals surface area contributed by atoms with Gasteiger partial charge in [-0.3, -0.25) is 4.79 Å². The van der Waals surface area contributed by atoms with Gasteiger partial charge in [-0.25, -0.2) is 4.39 Å². The molecule has 0 heterocycles. The van der Waals surface area contributed by atoms with Gasteiger partial charge in [-0.1, -0.05) is 0 Å². The highest BCUT2D eigenvalue weighted by Crippen LogP contribution is 2.21. The van der Waals surface area contributed by atoms with E-state index in [9.17, 15) is 9.18 Å². The molecule has 0 aliphatic carbocycles. The zero-order valence-electron chi connectivity index (χ0n) is 12.2. The van der Waals surface area contributed by atoms with Crippen molar-refractivity contribution in [1.29, 1.82) is 0 Å².